The van der Waals surface area contributed by atoms with E-state index in [0.29, 0.717) is 24.6 Å². The van der Waals surface area contributed by atoms with Gasteiger partial charge >= 0.3 is 0 Å². The smallest absolute Gasteiger partial charge is 0.266 e. The molecular weight excluding hydrogens is 362 g/mol. The number of benzene rings is 1. The molecule has 1 aromatic carbocycles. The molecule has 27 heavy (non-hydrogen) atoms. The van der Waals surface area contributed by atoms with E-state index in [-0.39, 0.29) is 18.2 Å². The van der Waals surface area contributed by atoms with Crippen molar-refractivity contribution in [3.05, 3.63) is 51.5 Å². The van der Waals surface area contributed by atoms with Crippen LogP contribution in [0.2, 0.25) is 0 Å². The van der Waals surface area contributed by atoms with Gasteiger partial charge in [0, 0.05) is 32.0 Å². The van der Waals surface area contributed by atoms with Crippen LogP contribution in [0.25, 0.3) is 0 Å². The highest BCUT2D eigenvalue weighted by Gasteiger charge is 2.26. The third-order valence-electron chi connectivity index (χ3n) is 4.65. The predicted octanol–water partition coefficient (Wildman–Crippen LogP) is 2.86. The van der Waals surface area contributed by atoms with Gasteiger partial charge in [0.1, 0.15) is 4.88 Å². The second-order valence-electron chi connectivity index (χ2n) is 6.81. The number of ether oxygens (including phenoxy) is 1. The van der Waals surface area contributed by atoms with Gasteiger partial charge < -0.3 is 15.4 Å². The van der Waals surface area contributed by atoms with Gasteiger partial charge in [-0.05, 0) is 25.3 Å². The average molecular weight is 388 g/mol. The number of carbonyl (C=O) groups excluding carboxylic acids is 2. The molecular formula is C20H25N3O3S. The molecule has 144 valence electrons. The van der Waals surface area contributed by atoms with Crippen LogP contribution in [0.1, 0.15) is 51.1 Å². The van der Waals surface area contributed by atoms with E-state index in [4.69, 9.17) is 10.5 Å². The lowest BCUT2D eigenvalue weighted by atomic mass is 10.0. The van der Waals surface area contributed by atoms with E-state index in [2.05, 4.69) is 4.98 Å². The first-order valence-corrected chi connectivity index (χ1v) is 10.0. The number of nitrogens with two attached hydrogens (primary N) is 1. The molecule has 2 N–H and O–H groups in total. The first-order valence-electron chi connectivity index (χ1n) is 9.21. The fraction of sp³-hybridized carbons (Fsp3) is 0.450. The standard InChI is InChI=1S/C20H25N3O3S/c1-14-18(27-19(22-14)16-8-5-11-26-13-16)20(25)23(10-9-17(21)24)12-15-6-3-2-4-7-15/h2-4,6-7,16H,5,8-13H2,1H3,(H2,21,24). The molecule has 0 radical (unpaired) electrons. The highest BCUT2D eigenvalue weighted by molar-refractivity contribution is 7.13. The third kappa shape index (κ3) is 5.14. The summed E-state index contributed by atoms with van der Waals surface area (Å²) in [4.78, 5) is 31.4. The van der Waals surface area contributed by atoms with Crippen LogP contribution in [0.4, 0.5) is 0 Å². The fourth-order valence-corrected chi connectivity index (χ4v) is 4.32. The zero-order valence-corrected chi connectivity index (χ0v) is 16.3. The van der Waals surface area contributed by atoms with E-state index in [0.717, 1.165) is 35.7 Å². The highest BCUT2D eigenvalue weighted by Crippen LogP contribution is 2.31. The lowest BCUT2D eigenvalue weighted by Gasteiger charge is -2.22. The molecule has 2 heterocycles. The quantitative estimate of drug-likeness (QED) is 0.792. The summed E-state index contributed by atoms with van der Waals surface area (Å²) < 4.78 is 5.56. The van der Waals surface area contributed by atoms with E-state index in [9.17, 15) is 9.59 Å². The van der Waals surface area contributed by atoms with Crippen molar-refractivity contribution < 1.29 is 14.3 Å². The molecule has 7 heteroatoms. The Hall–Kier alpha value is -2.25. The topological polar surface area (TPSA) is 85.5 Å². The molecule has 0 spiro atoms. The van der Waals surface area contributed by atoms with Crippen LogP contribution < -0.4 is 5.73 Å². The predicted molar refractivity (Wildman–Crippen MR) is 105 cm³/mol. The Labute approximate surface area is 163 Å². The summed E-state index contributed by atoms with van der Waals surface area (Å²) in [5.74, 6) is -0.253. The van der Waals surface area contributed by atoms with Crippen LogP contribution >= 0.6 is 11.3 Å². The number of carbonyl (C=O) groups is 2. The largest absolute Gasteiger partial charge is 0.381 e. The van der Waals surface area contributed by atoms with Crippen molar-refractivity contribution in [2.75, 3.05) is 19.8 Å². The number of hydrogen-bond acceptors (Lipinski definition) is 5. The molecule has 1 saturated heterocycles. The number of hydrogen-bond donors (Lipinski definition) is 1. The Balaban J connectivity index is 1.79. The summed E-state index contributed by atoms with van der Waals surface area (Å²) in [5, 5.41) is 0.963. The van der Waals surface area contributed by atoms with Gasteiger partial charge in [0.15, 0.2) is 0 Å². The molecule has 0 bridgehead atoms. The van der Waals surface area contributed by atoms with E-state index in [1.807, 2.05) is 37.3 Å². The van der Waals surface area contributed by atoms with Crippen LogP contribution in [0.3, 0.4) is 0 Å². The van der Waals surface area contributed by atoms with Gasteiger partial charge in [-0.15, -0.1) is 11.3 Å². The van der Waals surface area contributed by atoms with Gasteiger partial charge in [-0.3, -0.25) is 9.59 Å². The number of amides is 2. The zero-order valence-electron chi connectivity index (χ0n) is 15.5. The van der Waals surface area contributed by atoms with Crippen molar-refractivity contribution in [1.82, 2.24) is 9.88 Å². The van der Waals surface area contributed by atoms with Crippen molar-refractivity contribution in [3.63, 3.8) is 0 Å². The molecule has 2 amide bonds. The van der Waals surface area contributed by atoms with Gasteiger partial charge in [-0.25, -0.2) is 4.98 Å². The first-order chi connectivity index (χ1) is 13.0. The summed E-state index contributed by atoms with van der Waals surface area (Å²) in [6.07, 6.45) is 2.20. The van der Waals surface area contributed by atoms with Crippen LogP contribution in [0.15, 0.2) is 30.3 Å². The highest BCUT2D eigenvalue weighted by atomic mass is 32.1. The number of nitrogens with zero attached hydrogens (tertiary/aromatic N) is 2. The minimum atomic E-state index is -0.415. The minimum Gasteiger partial charge on any atom is -0.381 e. The van der Waals surface area contributed by atoms with Gasteiger partial charge in [0.25, 0.3) is 5.91 Å². The summed E-state index contributed by atoms with van der Waals surface area (Å²) in [5.41, 5.74) is 7.05. The Morgan fingerprint density at radius 3 is 2.78 bits per heavy atom. The van der Waals surface area contributed by atoms with E-state index in [1.165, 1.54) is 11.3 Å². The Bertz CT molecular complexity index is 785. The molecule has 2 aromatic rings. The molecule has 1 aromatic heterocycles. The number of aromatic nitrogens is 1. The summed E-state index contributed by atoms with van der Waals surface area (Å²) in [6, 6.07) is 9.74. The van der Waals surface area contributed by atoms with Gasteiger partial charge in [-0.1, -0.05) is 30.3 Å². The Morgan fingerprint density at radius 1 is 1.33 bits per heavy atom. The molecule has 1 unspecified atom stereocenters. The number of thiazole rings is 1. The summed E-state index contributed by atoms with van der Waals surface area (Å²) in [6.45, 7) is 4.06. The van der Waals surface area contributed by atoms with E-state index < -0.39 is 5.91 Å². The normalized spacial score (nSPS) is 16.9. The van der Waals surface area contributed by atoms with Crippen LogP contribution in [-0.2, 0) is 16.1 Å². The van der Waals surface area contributed by atoms with Crippen molar-refractivity contribution >= 4 is 23.2 Å². The molecule has 0 saturated carbocycles. The lowest BCUT2D eigenvalue weighted by molar-refractivity contribution is -0.118. The monoisotopic (exact) mass is 387 g/mol. The third-order valence-corrected chi connectivity index (χ3v) is 5.96. The lowest BCUT2D eigenvalue weighted by Crippen LogP contribution is -2.33. The second-order valence-corrected chi connectivity index (χ2v) is 7.84. The van der Waals surface area contributed by atoms with Crippen LogP contribution in [0.5, 0.6) is 0 Å². The SMILES string of the molecule is Cc1nc(C2CCCOC2)sc1C(=O)N(CCC(N)=O)Cc1ccccc1. The molecule has 6 nitrogen and oxygen atoms in total. The van der Waals surface area contributed by atoms with Crippen molar-refractivity contribution in [2.45, 2.75) is 38.6 Å². The van der Waals surface area contributed by atoms with Crippen LogP contribution in [-0.4, -0.2) is 41.5 Å². The Kier molecular flexibility index (Phi) is 6.58. The molecule has 1 aliphatic rings. The van der Waals surface area contributed by atoms with Crippen molar-refractivity contribution in [3.8, 4) is 0 Å². The fourth-order valence-electron chi connectivity index (χ4n) is 3.17. The second kappa shape index (κ2) is 9.10. The van der Waals surface area contributed by atoms with E-state index in [1.54, 1.807) is 4.90 Å². The zero-order chi connectivity index (χ0) is 19.2. The summed E-state index contributed by atoms with van der Waals surface area (Å²) in [7, 11) is 0. The minimum absolute atomic E-state index is 0.0990. The average Bonchev–Trinajstić information content (AvgIpc) is 3.07. The maximum atomic E-state index is 13.2. The maximum Gasteiger partial charge on any atom is 0.266 e. The maximum absolute atomic E-state index is 13.2. The number of rotatable bonds is 7. The number of primary amides is 1. The van der Waals surface area contributed by atoms with E-state index >= 15 is 0 Å². The van der Waals surface area contributed by atoms with Crippen molar-refractivity contribution in [1.29, 1.82) is 0 Å². The van der Waals surface area contributed by atoms with Crippen molar-refractivity contribution in [2.24, 2.45) is 5.73 Å². The van der Waals surface area contributed by atoms with Gasteiger partial charge in [-0.2, -0.15) is 0 Å². The van der Waals surface area contributed by atoms with Gasteiger partial charge in [0.05, 0.1) is 17.3 Å². The first kappa shape index (κ1) is 19.5. The molecule has 1 aliphatic heterocycles. The summed E-state index contributed by atoms with van der Waals surface area (Å²) >= 11 is 1.45. The Morgan fingerprint density at radius 2 is 2.11 bits per heavy atom. The van der Waals surface area contributed by atoms with Gasteiger partial charge in [0.2, 0.25) is 5.91 Å². The molecule has 1 atom stereocenters. The van der Waals surface area contributed by atoms with Crippen LogP contribution in [0, 0.1) is 6.92 Å². The molecule has 1 fully saturated rings. The molecule has 0 aliphatic carbocycles. The molecule has 3 rings (SSSR count). The number of aryl methyl sites for hydroxylation is 1.